The highest BCUT2D eigenvalue weighted by atomic mass is 35.5. The second-order valence-corrected chi connectivity index (χ2v) is 5.14. The molecule has 0 heterocycles. The monoisotopic (exact) mass is 238 g/mol. The van der Waals surface area contributed by atoms with Crippen LogP contribution in [0.5, 0.6) is 0 Å². The molecule has 16 heavy (non-hydrogen) atoms. The van der Waals surface area contributed by atoms with Gasteiger partial charge in [0.1, 0.15) is 0 Å². The lowest BCUT2D eigenvalue weighted by Gasteiger charge is -2.25. The molecule has 0 aromatic heterocycles. The first-order valence-electron chi connectivity index (χ1n) is 5.95. The molecule has 1 aliphatic rings. The number of rotatable bonds is 3. The number of halogens is 1. The van der Waals surface area contributed by atoms with Gasteiger partial charge in [-0.15, -0.1) is 0 Å². The smallest absolute Gasteiger partial charge is 0.0451 e. The fourth-order valence-corrected chi connectivity index (χ4v) is 2.67. The third-order valence-corrected chi connectivity index (χ3v) is 3.87. The molecule has 2 unspecified atom stereocenters. The molecule has 4 N–H and O–H groups in total. The average molecular weight is 239 g/mol. The van der Waals surface area contributed by atoms with Crippen molar-refractivity contribution in [2.75, 3.05) is 0 Å². The Balaban J connectivity index is 2.05. The van der Waals surface area contributed by atoms with Gasteiger partial charge in [-0.2, -0.15) is 0 Å². The highest BCUT2D eigenvalue weighted by Crippen LogP contribution is 2.31. The van der Waals surface area contributed by atoms with E-state index in [1.807, 2.05) is 24.3 Å². The van der Waals surface area contributed by atoms with Crippen LogP contribution >= 0.6 is 11.6 Å². The molecule has 1 saturated carbocycles. The lowest BCUT2D eigenvalue weighted by atomic mass is 9.89. The first-order valence-corrected chi connectivity index (χ1v) is 6.33. The van der Waals surface area contributed by atoms with Crippen molar-refractivity contribution in [1.29, 1.82) is 0 Å². The van der Waals surface area contributed by atoms with Crippen molar-refractivity contribution in [3.63, 3.8) is 0 Å². The molecule has 1 aliphatic carbocycles. The van der Waals surface area contributed by atoms with Gasteiger partial charge in [0.2, 0.25) is 0 Å². The largest absolute Gasteiger partial charge is 0.326 e. The fourth-order valence-electron chi connectivity index (χ4n) is 2.54. The molecule has 2 rings (SSSR count). The van der Waals surface area contributed by atoms with Gasteiger partial charge in [0, 0.05) is 17.1 Å². The van der Waals surface area contributed by atoms with Crippen molar-refractivity contribution >= 4 is 11.6 Å². The van der Waals surface area contributed by atoms with E-state index in [0.29, 0.717) is 5.92 Å². The zero-order valence-electron chi connectivity index (χ0n) is 9.40. The van der Waals surface area contributed by atoms with Crippen LogP contribution in [0.3, 0.4) is 0 Å². The van der Waals surface area contributed by atoms with Crippen molar-refractivity contribution < 1.29 is 0 Å². The Labute approximate surface area is 102 Å². The quantitative estimate of drug-likeness (QED) is 0.851. The van der Waals surface area contributed by atoms with Crippen LogP contribution in [0, 0.1) is 5.92 Å². The van der Waals surface area contributed by atoms with E-state index < -0.39 is 0 Å². The van der Waals surface area contributed by atoms with Gasteiger partial charge < -0.3 is 11.5 Å². The summed E-state index contributed by atoms with van der Waals surface area (Å²) in [5.74, 6) is 0.589. The highest BCUT2D eigenvalue weighted by Gasteiger charge is 2.27. The Morgan fingerprint density at radius 1 is 1.06 bits per heavy atom. The number of nitrogens with two attached hydrogens (primary N) is 2. The van der Waals surface area contributed by atoms with E-state index in [0.717, 1.165) is 10.6 Å². The molecule has 2 atom stereocenters. The summed E-state index contributed by atoms with van der Waals surface area (Å²) >= 11 is 5.85. The molecule has 1 aromatic rings. The van der Waals surface area contributed by atoms with Crippen molar-refractivity contribution in [3.05, 3.63) is 34.9 Å². The third kappa shape index (κ3) is 2.57. The normalized spacial score (nSPS) is 20.9. The summed E-state index contributed by atoms with van der Waals surface area (Å²) in [7, 11) is 0. The van der Waals surface area contributed by atoms with Crippen LogP contribution in [-0.2, 0) is 0 Å². The van der Waals surface area contributed by atoms with Crippen LogP contribution in [-0.4, -0.2) is 6.04 Å². The zero-order valence-corrected chi connectivity index (χ0v) is 10.2. The van der Waals surface area contributed by atoms with Crippen LogP contribution in [0.2, 0.25) is 5.02 Å². The standard InChI is InChI=1S/C13H19ClN2/c14-11-7-5-10(6-8-11)13(16)12(15)9-3-1-2-4-9/h5-9,12-13H,1-4,15-16H2. The minimum absolute atomic E-state index is 0.0691. The van der Waals surface area contributed by atoms with Crippen molar-refractivity contribution in [2.24, 2.45) is 17.4 Å². The molecule has 1 fully saturated rings. The Morgan fingerprint density at radius 2 is 1.62 bits per heavy atom. The lowest BCUT2D eigenvalue weighted by Crippen LogP contribution is -2.39. The minimum atomic E-state index is -0.0691. The zero-order chi connectivity index (χ0) is 11.5. The topological polar surface area (TPSA) is 52.0 Å². The molecule has 0 amide bonds. The predicted octanol–water partition coefficient (Wildman–Crippen LogP) is 2.86. The first kappa shape index (κ1) is 11.9. The molecule has 0 aliphatic heterocycles. The third-order valence-electron chi connectivity index (χ3n) is 3.61. The lowest BCUT2D eigenvalue weighted by molar-refractivity contribution is 0.378. The second-order valence-electron chi connectivity index (χ2n) is 4.70. The van der Waals surface area contributed by atoms with Crippen LogP contribution in [0.1, 0.15) is 37.3 Å². The van der Waals surface area contributed by atoms with Crippen LogP contribution in [0.4, 0.5) is 0 Å². The van der Waals surface area contributed by atoms with Crippen molar-refractivity contribution in [1.82, 2.24) is 0 Å². The van der Waals surface area contributed by atoms with Gasteiger partial charge in [0.05, 0.1) is 0 Å². The van der Waals surface area contributed by atoms with Gasteiger partial charge >= 0.3 is 0 Å². The molecule has 0 saturated heterocycles. The summed E-state index contributed by atoms with van der Waals surface area (Å²) in [5, 5.41) is 0.741. The van der Waals surface area contributed by atoms with Gasteiger partial charge in [-0.05, 0) is 36.5 Å². The van der Waals surface area contributed by atoms with Gasteiger partial charge in [0.15, 0.2) is 0 Å². The van der Waals surface area contributed by atoms with Gasteiger partial charge in [-0.25, -0.2) is 0 Å². The summed E-state index contributed by atoms with van der Waals surface area (Å²) in [5.41, 5.74) is 13.5. The second kappa shape index (κ2) is 5.17. The number of benzene rings is 1. The molecule has 2 nitrogen and oxygen atoms in total. The summed E-state index contributed by atoms with van der Waals surface area (Å²) < 4.78 is 0. The van der Waals surface area contributed by atoms with Gasteiger partial charge in [-0.1, -0.05) is 36.6 Å². The van der Waals surface area contributed by atoms with E-state index >= 15 is 0 Å². The first-order chi connectivity index (χ1) is 7.68. The maximum Gasteiger partial charge on any atom is 0.0451 e. The Morgan fingerprint density at radius 3 is 2.19 bits per heavy atom. The fraction of sp³-hybridized carbons (Fsp3) is 0.538. The molecule has 0 spiro atoms. The predicted molar refractivity (Wildman–Crippen MR) is 68.3 cm³/mol. The molecule has 0 bridgehead atoms. The van der Waals surface area contributed by atoms with E-state index in [1.165, 1.54) is 25.7 Å². The van der Waals surface area contributed by atoms with E-state index in [-0.39, 0.29) is 12.1 Å². The SMILES string of the molecule is NC(c1ccc(Cl)cc1)C(N)C1CCCC1. The Bertz CT molecular complexity index is 330. The number of hydrogen-bond donors (Lipinski definition) is 2. The van der Waals surface area contributed by atoms with E-state index in [4.69, 9.17) is 23.1 Å². The maximum absolute atomic E-state index is 6.23. The molecule has 0 radical (unpaired) electrons. The highest BCUT2D eigenvalue weighted by molar-refractivity contribution is 6.30. The maximum atomic E-state index is 6.23. The van der Waals surface area contributed by atoms with Crippen LogP contribution in [0.15, 0.2) is 24.3 Å². The molecular formula is C13H19ClN2. The van der Waals surface area contributed by atoms with Crippen LogP contribution in [0.25, 0.3) is 0 Å². The summed E-state index contributed by atoms with van der Waals surface area (Å²) in [6.45, 7) is 0. The molecule has 3 heteroatoms. The Hall–Kier alpha value is -0.570. The minimum Gasteiger partial charge on any atom is -0.326 e. The molecule has 1 aromatic carbocycles. The van der Waals surface area contributed by atoms with Crippen molar-refractivity contribution in [2.45, 2.75) is 37.8 Å². The number of hydrogen-bond acceptors (Lipinski definition) is 2. The van der Waals surface area contributed by atoms with Crippen molar-refractivity contribution in [3.8, 4) is 0 Å². The van der Waals surface area contributed by atoms with E-state index in [1.54, 1.807) is 0 Å². The van der Waals surface area contributed by atoms with Gasteiger partial charge in [-0.3, -0.25) is 0 Å². The molecular weight excluding hydrogens is 220 g/mol. The Kier molecular flexibility index (Phi) is 3.85. The van der Waals surface area contributed by atoms with E-state index in [9.17, 15) is 0 Å². The summed E-state index contributed by atoms with van der Waals surface area (Å²) in [6, 6.07) is 7.70. The van der Waals surface area contributed by atoms with Gasteiger partial charge in [0.25, 0.3) is 0 Å². The summed E-state index contributed by atoms with van der Waals surface area (Å²) in [4.78, 5) is 0. The van der Waals surface area contributed by atoms with E-state index in [2.05, 4.69) is 0 Å². The molecule has 88 valence electrons. The van der Waals surface area contributed by atoms with Crippen LogP contribution < -0.4 is 11.5 Å². The summed E-state index contributed by atoms with van der Waals surface area (Å²) in [6.07, 6.45) is 5.04. The average Bonchev–Trinajstić information content (AvgIpc) is 2.81.